The molecular weight excluding hydrogens is 160 g/mol. The van der Waals surface area contributed by atoms with Crippen LogP contribution in [0.1, 0.15) is 13.8 Å². The lowest BCUT2D eigenvalue weighted by atomic mass is 10.1. The summed E-state index contributed by atoms with van der Waals surface area (Å²) in [6.45, 7) is 3.43. The standard InChI is InChI=1S/C7H10N2O3/c1-7(2)4-8-5(6(10)11)3-9(7)12/h3-4,12H,1-2H3,(H,10,11). The molecule has 0 saturated carbocycles. The van der Waals surface area contributed by atoms with Crippen molar-refractivity contribution in [3.63, 3.8) is 0 Å². The van der Waals surface area contributed by atoms with Gasteiger partial charge in [-0.25, -0.2) is 9.79 Å². The van der Waals surface area contributed by atoms with Gasteiger partial charge in [0.2, 0.25) is 0 Å². The largest absolute Gasteiger partial charge is 0.476 e. The van der Waals surface area contributed by atoms with Gasteiger partial charge >= 0.3 is 5.97 Å². The number of aliphatic carboxylic acids is 1. The Morgan fingerprint density at radius 1 is 1.67 bits per heavy atom. The predicted molar refractivity (Wildman–Crippen MR) is 41.9 cm³/mol. The summed E-state index contributed by atoms with van der Waals surface area (Å²) in [5.74, 6) is -1.15. The van der Waals surface area contributed by atoms with Crippen LogP contribution in [0.3, 0.4) is 0 Å². The number of hydroxylamine groups is 2. The first-order valence-corrected chi connectivity index (χ1v) is 3.42. The molecule has 1 rings (SSSR count). The summed E-state index contributed by atoms with van der Waals surface area (Å²) in [7, 11) is 0. The van der Waals surface area contributed by atoms with Crippen molar-refractivity contribution in [2.75, 3.05) is 0 Å². The number of hydrogen-bond acceptors (Lipinski definition) is 4. The average Bonchev–Trinajstić information content (AvgIpc) is 1.94. The van der Waals surface area contributed by atoms with Crippen molar-refractivity contribution < 1.29 is 15.1 Å². The van der Waals surface area contributed by atoms with E-state index < -0.39 is 11.5 Å². The van der Waals surface area contributed by atoms with Crippen LogP contribution in [0, 0.1) is 0 Å². The maximum absolute atomic E-state index is 10.4. The second kappa shape index (κ2) is 2.60. The highest BCUT2D eigenvalue weighted by molar-refractivity contribution is 5.90. The Kier molecular flexibility index (Phi) is 1.89. The van der Waals surface area contributed by atoms with E-state index in [2.05, 4.69) is 4.99 Å². The van der Waals surface area contributed by atoms with Gasteiger partial charge in [-0.05, 0) is 13.8 Å². The summed E-state index contributed by atoms with van der Waals surface area (Å²) in [6, 6.07) is 0. The molecule has 0 atom stereocenters. The first kappa shape index (κ1) is 8.73. The minimum atomic E-state index is -1.15. The third-order valence-electron chi connectivity index (χ3n) is 1.57. The van der Waals surface area contributed by atoms with E-state index in [1.807, 2.05) is 0 Å². The summed E-state index contributed by atoms with van der Waals surface area (Å²) >= 11 is 0. The van der Waals surface area contributed by atoms with Crippen molar-refractivity contribution in [1.29, 1.82) is 0 Å². The van der Waals surface area contributed by atoms with Gasteiger partial charge in [0, 0.05) is 6.21 Å². The van der Waals surface area contributed by atoms with E-state index in [1.54, 1.807) is 13.8 Å². The molecule has 1 aliphatic rings. The van der Waals surface area contributed by atoms with E-state index in [-0.39, 0.29) is 5.70 Å². The van der Waals surface area contributed by atoms with Gasteiger partial charge in [0.15, 0.2) is 5.70 Å². The van der Waals surface area contributed by atoms with Gasteiger partial charge < -0.3 is 5.11 Å². The molecule has 1 heterocycles. The molecule has 66 valence electrons. The molecule has 2 N–H and O–H groups in total. The van der Waals surface area contributed by atoms with Crippen LogP contribution >= 0.6 is 0 Å². The van der Waals surface area contributed by atoms with Crippen LogP contribution in [0.25, 0.3) is 0 Å². The second-order valence-corrected chi connectivity index (χ2v) is 3.08. The zero-order chi connectivity index (χ0) is 9.35. The molecule has 0 aromatic rings. The quantitative estimate of drug-likeness (QED) is 0.599. The van der Waals surface area contributed by atoms with Crippen LogP contribution in [0.5, 0.6) is 0 Å². The maximum atomic E-state index is 10.4. The van der Waals surface area contributed by atoms with Gasteiger partial charge in [0.25, 0.3) is 0 Å². The van der Waals surface area contributed by atoms with Crippen molar-refractivity contribution in [3.05, 3.63) is 11.9 Å². The molecule has 0 amide bonds. The summed E-state index contributed by atoms with van der Waals surface area (Å²) in [6.07, 6.45) is 2.47. The first-order chi connectivity index (χ1) is 5.43. The van der Waals surface area contributed by atoms with Crippen molar-refractivity contribution in [2.45, 2.75) is 19.4 Å². The summed E-state index contributed by atoms with van der Waals surface area (Å²) in [5, 5.41) is 18.6. The molecule has 0 unspecified atom stereocenters. The number of rotatable bonds is 1. The van der Waals surface area contributed by atoms with Crippen LogP contribution in [0.4, 0.5) is 0 Å². The molecule has 0 bridgehead atoms. The SMILES string of the molecule is CC1(C)C=NC(C(=O)O)=CN1O. The highest BCUT2D eigenvalue weighted by atomic mass is 16.5. The fraction of sp³-hybridized carbons (Fsp3) is 0.429. The Labute approximate surface area is 69.6 Å². The van der Waals surface area contributed by atoms with Crippen molar-refractivity contribution in [2.24, 2.45) is 4.99 Å². The third-order valence-corrected chi connectivity index (χ3v) is 1.57. The fourth-order valence-electron chi connectivity index (χ4n) is 0.713. The lowest BCUT2D eigenvalue weighted by Gasteiger charge is -2.30. The topological polar surface area (TPSA) is 73.1 Å². The van der Waals surface area contributed by atoms with Crippen molar-refractivity contribution in [3.8, 4) is 0 Å². The molecule has 0 aromatic carbocycles. The lowest BCUT2D eigenvalue weighted by molar-refractivity contribution is -0.134. The van der Waals surface area contributed by atoms with Crippen LogP contribution in [-0.4, -0.2) is 33.1 Å². The van der Waals surface area contributed by atoms with Crippen LogP contribution in [0.2, 0.25) is 0 Å². The number of nitrogens with zero attached hydrogens (tertiary/aromatic N) is 2. The maximum Gasteiger partial charge on any atom is 0.356 e. The summed E-state index contributed by atoms with van der Waals surface area (Å²) < 4.78 is 0. The summed E-state index contributed by atoms with van der Waals surface area (Å²) in [4.78, 5) is 14.1. The number of aliphatic imine (C=N–C) groups is 1. The molecule has 0 spiro atoms. The van der Waals surface area contributed by atoms with E-state index in [0.717, 1.165) is 11.3 Å². The highest BCUT2D eigenvalue weighted by Crippen LogP contribution is 2.16. The van der Waals surface area contributed by atoms with Gasteiger partial charge in [-0.15, -0.1) is 0 Å². The zero-order valence-electron chi connectivity index (χ0n) is 6.85. The normalized spacial score (nSPS) is 20.6. The van der Waals surface area contributed by atoms with E-state index in [9.17, 15) is 10.0 Å². The number of carboxylic acid groups (broad SMARTS) is 1. The first-order valence-electron chi connectivity index (χ1n) is 3.42. The van der Waals surface area contributed by atoms with E-state index in [1.165, 1.54) is 6.21 Å². The molecule has 0 radical (unpaired) electrons. The average molecular weight is 170 g/mol. The Morgan fingerprint density at radius 3 is 2.67 bits per heavy atom. The van der Waals surface area contributed by atoms with Crippen molar-refractivity contribution in [1.82, 2.24) is 5.06 Å². The predicted octanol–water partition coefficient (Wildman–Crippen LogP) is 0.467. The molecule has 5 nitrogen and oxygen atoms in total. The Bertz CT molecular complexity index is 268. The van der Waals surface area contributed by atoms with Crippen LogP contribution < -0.4 is 0 Å². The minimum Gasteiger partial charge on any atom is -0.476 e. The van der Waals surface area contributed by atoms with E-state index in [0.29, 0.717) is 0 Å². The summed E-state index contributed by atoms with van der Waals surface area (Å²) in [5.41, 5.74) is -0.810. The minimum absolute atomic E-state index is 0.170. The number of hydrogen-bond donors (Lipinski definition) is 2. The van der Waals surface area contributed by atoms with Crippen molar-refractivity contribution >= 4 is 12.2 Å². The number of carboxylic acids is 1. The monoisotopic (exact) mass is 170 g/mol. The molecule has 0 fully saturated rings. The lowest BCUT2D eigenvalue weighted by Crippen LogP contribution is -2.42. The second-order valence-electron chi connectivity index (χ2n) is 3.08. The van der Waals surface area contributed by atoms with E-state index in [4.69, 9.17) is 5.11 Å². The molecule has 1 aliphatic heterocycles. The smallest absolute Gasteiger partial charge is 0.356 e. The van der Waals surface area contributed by atoms with E-state index >= 15 is 0 Å². The number of carbonyl (C=O) groups is 1. The van der Waals surface area contributed by atoms with Crippen LogP contribution in [-0.2, 0) is 4.79 Å². The fourth-order valence-corrected chi connectivity index (χ4v) is 0.713. The highest BCUT2D eigenvalue weighted by Gasteiger charge is 2.26. The molecular formula is C7H10N2O3. The molecule has 5 heteroatoms. The molecule has 12 heavy (non-hydrogen) atoms. The van der Waals surface area contributed by atoms with Crippen LogP contribution in [0.15, 0.2) is 16.9 Å². The van der Waals surface area contributed by atoms with Gasteiger partial charge in [-0.3, -0.25) is 10.3 Å². The molecule has 0 saturated heterocycles. The Hall–Kier alpha value is -1.36. The Balaban J connectivity index is 2.91. The Morgan fingerprint density at radius 2 is 2.25 bits per heavy atom. The van der Waals surface area contributed by atoms with Gasteiger partial charge in [-0.1, -0.05) is 0 Å². The van der Waals surface area contributed by atoms with Gasteiger partial charge in [0.05, 0.1) is 11.7 Å². The molecule has 0 aliphatic carbocycles. The van der Waals surface area contributed by atoms with Gasteiger partial charge in [-0.2, -0.15) is 0 Å². The van der Waals surface area contributed by atoms with Gasteiger partial charge in [0.1, 0.15) is 0 Å². The third kappa shape index (κ3) is 1.45. The zero-order valence-corrected chi connectivity index (χ0v) is 6.85. The molecule has 0 aromatic heterocycles.